The predicted octanol–water partition coefficient (Wildman–Crippen LogP) is 6.38. The minimum Gasteiger partial charge on any atom is -0.450 e. The molecule has 0 saturated heterocycles. The van der Waals surface area contributed by atoms with Crippen LogP contribution in [0.15, 0.2) is 0 Å². The van der Waals surface area contributed by atoms with E-state index in [1.54, 1.807) is 0 Å². The van der Waals surface area contributed by atoms with Crippen LogP contribution in [0.5, 0.6) is 0 Å². The standard InChI is InChI=1S/C26H44O12/c1-17(2)11-7-5-9-13-33-25(31)37-21-15-19(35-23(27)28)20(36-24(29)30)16-22(21)38-26(32)34-14-10-6-8-12-18(3)4/h17-22H,5-16H2,1-4H3,(H,27,28)(H,29,30). The number of carboxylic acid groups (broad SMARTS) is 2. The highest BCUT2D eigenvalue weighted by molar-refractivity contribution is 5.62. The first-order chi connectivity index (χ1) is 18.0. The van der Waals surface area contributed by atoms with E-state index in [4.69, 9.17) is 38.6 Å². The molecule has 38 heavy (non-hydrogen) atoms. The molecule has 1 aliphatic carbocycles. The molecule has 0 heterocycles. The molecule has 0 bridgehead atoms. The van der Waals surface area contributed by atoms with Crippen molar-refractivity contribution in [3.8, 4) is 0 Å². The SMILES string of the molecule is CC(C)CCCCCOC(=O)OC1CC(OC(=O)O)C(OC(=O)O)CC1OC(=O)OCCCCCC(C)C. The Balaban J connectivity index is 2.71. The van der Waals surface area contributed by atoms with E-state index in [1.165, 1.54) is 0 Å². The van der Waals surface area contributed by atoms with Crippen LogP contribution >= 0.6 is 0 Å². The third-order valence-electron chi connectivity index (χ3n) is 6.05. The van der Waals surface area contributed by atoms with Crippen molar-refractivity contribution in [2.75, 3.05) is 13.2 Å². The van der Waals surface area contributed by atoms with Gasteiger partial charge in [-0.3, -0.25) is 0 Å². The van der Waals surface area contributed by atoms with Crippen LogP contribution in [0.3, 0.4) is 0 Å². The van der Waals surface area contributed by atoms with Gasteiger partial charge >= 0.3 is 24.6 Å². The van der Waals surface area contributed by atoms with Gasteiger partial charge in [0.25, 0.3) is 0 Å². The van der Waals surface area contributed by atoms with Crippen molar-refractivity contribution in [1.82, 2.24) is 0 Å². The monoisotopic (exact) mass is 548 g/mol. The highest BCUT2D eigenvalue weighted by atomic mass is 16.8. The lowest BCUT2D eigenvalue weighted by Crippen LogP contribution is -2.51. The van der Waals surface area contributed by atoms with E-state index in [0.717, 1.165) is 38.5 Å². The summed E-state index contributed by atoms with van der Waals surface area (Å²) in [6.45, 7) is 8.80. The molecule has 0 aliphatic heterocycles. The van der Waals surface area contributed by atoms with Crippen LogP contribution in [-0.2, 0) is 28.4 Å². The number of unbranched alkanes of at least 4 members (excludes halogenated alkanes) is 4. The number of ether oxygens (including phenoxy) is 6. The first kappa shape index (κ1) is 33.1. The molecule has 1 saturated carbocycles. The van der Waals surface area contributed by atoms with Gasteiger partial charge in [0.05, 0.1) is 13.2 Å². The number of hydrogen-bond acceptors (Lipinski definition) is 10. The van der Waals surface area contributed by atoms with E-state index in [9.17, 15) is 19.2 Å². The number of hydrogen-bond donors (Lipinski definition) is 2. The highest BCUT2D eigenvalue weighted by Gasteiger charge is 2.46. The first-order valence-electron chi connectivity index (χ1n) is 13.4. The van der Waals surface area contributed by atoms with Gasteiger partial charge in [0.2, 0.25) is 0 Å². The second kappa shape index (κ2) is 18.4. The van der Waals surface area contributed by atoms with Crippen LogP contribution in [0, 0.1) is 11.8 Å². The van der Waals surface area contributed by atoms with Gasteiger partial charge in [-0.1, -0.05) is 66.2 Å². The summed E-state index contributed by atoms with van der Waals surface area (Å²) in [6, 6.07) is 0. The topological polar surface area (TPSA) is 164 Å². The molecule has 220 valence electrons. The molecule has 12 heteroatoms. The van der Waals surface area contributed by atoms with Crippen molar-refractivity contribution >= 4 is 24.6 Å². The summed E-state index contributed by atoms with van der Waals surface area (Å²) in [5.41, 5.74) is 0. The molecular formula is C26H44O12. The lowest BCUT2D eigenvalue weighted by atomic mass is 9.89. The molecule has 0 aromatic heterocycles. The third kappa shape index (κ3) is 15.4. The number of carbonyl (C=O) groups excluding carboxylic acids is 2. The summed E-state index contributed by atoms with van der Waals surface area (Å²) in [5.74, 6) is 1.19. The molecule has 1 rings (SSSR count). The van der Waals surface area contributed by atoms with Gasteiger partial charge < -0.3 is 38.6 Å². The summed E-state index contributed by atoms with van der Waals surface area (Å²) in [5, 5.41) is 18.1. The fourth-order valence-electron chi connectivity index (χ4n) is 4.11. The van der Waals surface area contributed by atoms with Gasteiger partial charge in [-0.15, -0.1) is 0 Å². The second-order valence-electron chi connectivity index (χ2n) is 10.3. The third-order valence-corrected chi connectivity index (χ3v) is 6.05. The van der Waals surface area contributed by atoms with E-state index in [-0.39, 0.29) is 26.1 Å². The summed E-state index contributed by atoms with van der Waals surface area (Å²) < 4.78 is 30.4. The van der Waals surface area contributed by atoms with Crippen LogP contribution in [0.1, 0.15) is 91.9 Å². The number of carbonyl (C=O) groups is 4. The fourth-order valence-corrected chi connectivity index (χ4v) is 4.11. The smallest absolute Gasteiger partial charge is 0.450 e. The Morgan fingerprint density at radius 3 is 1.24 bits per heavy atom. The Hall–Kier alpha value is -2.92. The Bertz CT molecular complexity index is 663. The van der Waals surface area contributed by atoms with Crippen molar-refractivity contribution in [1.29, 1.82) is 0 Å². The number of rotatable bonds is 16. The van der Waals surface area contributed by atoms with Crippen LogP contribution in [-0.4, -0.2) is 72.5 Å². The summed E-state index contributed by atoms with van der Waals surface area (Å²) in [6.07, 6.45) is -3.64. The Labute approximate surface area is 224 Å². The van der Waals surface area contributed by atoms with Crippen molar-refractivity contribution < 1.29 is 57.8 Å². The zero-order valence-corrected chi connectivity index (χ0v) is 22.9. The molecule has 1 aliphatic rings. The van der Waals surface area contributed by atoms with Gasteiger partial charge in [0, 0.05) is 12.8 Å². The molecule has 0 aromatic rings. The molecule has 2 N–H and O–H groups in total. The van der Waals surface area contributed by atoms with Gasteiger partial charge in [-0.05, 0) is 24.7 Å². The van der Waals surface area contributed by atoms with E-state index in [1.807, 2.05) is 0 Å². The average Bonchev–Trinajstić information content (AvgIpc) is 2.80. The quantitative estimate of drug-likeness (QED) is 0.124. The van der Waals surface area contributed by atoms with Crippen molar-refractivity contribution in [2.24, 2.45) is 11.8 Å². The van der Waals surface area contributed by atoms with Crippen LogP contribution in [0.2, 0.25) is 0 Å². The minimum atomic E-state index is -1.66. The zero-order valence-electron chi connectivity index (χ0n) is 22.9. The fraction of sp³-hybridized carbons (Fsp3) is 0.846. The molecule has 0 radical (unpaired) electrons. The van der Waals surface area contributed by atoms with Crippen LogP contribution in [0.25, 0.3) is 0 Å². The summed E-state index contributed by atoms with van der Waals surface area (Å²) in [7, 11) is 0. The van der Waals surface area contributed by atoms with E-state index in [0.29, 0.717) is 24.7 Å². The Morgan fingerprint density at radius 1 is 0.579 bits per heavy atom. The Morgan fingerprint density at radius 2 is 0.921 bits per heavy atom. The van der Waals surface area contributed by atoms with Crippen LogP contribution < -0.4 is 0 Å². The largest absolute Gasteiger partial charge is 0.508 e. The van der Waals surface area contributed by atoms with Gasteiger partial charge in [0.15, 0.2) is 0 Å². The molecule has 12 nitrogen and oxygen atoms in total. The molecule has 0 amide bonds. The van der Waals surface area contributed by atoms with Gasteiger partial charge in [0.1, 0.15) is 24.4 Å². The normalized spacial score (nSPS) is 21.0. The van der Waals surface area contributed by atoms with Crippen molar-refractivity contribution in [2.45, 2.75) is 116 Å². The summed E-state index contributed by atoms with van der Waals surface area (Å²) >= 11 is 0. The highest BCUT2D eigenvalue weighted by Crippen LogP contribution is 2.30. The second-order valence-corrected chi connectivity index (χ2v) is 10.3. The maximum atomic E-state index is 12.3. The lowest BCUT2D eigenvalue weighted by Gasteiger charge is -2.37. The van der Waals surface area contributed by atoms with Crippen LogP contribution in [0.4, 0.5) is 19.2 Å². The van der Waals surface area contributed by atoms with Crippen molar-refractivity contribution in [3.05, 3.63) is 0 Å². The molecule has 0 spiro atoms. The molecular weight excluding hydrogens is 504 g/mol. The predicted molar refractivity (Wildman–Crippen MR) is 134 cm³/mol. The van der Waals surface area contributed by atoms with E-state index in [2.05, 4.69) is 27.7 Å². The van der Waals surface area contributed by atoms with Gasteiger partial charge in [-0.2, -0.15) is 0 Å². The van der Waals surface area contributed by atoms with Gasteiger partial charge in [-0.25, -0.2) is 19.2 Å². The zero-order chi connectivity index (χ0) is 28.5. The maximum Gasteiger partial charge on any atom is 0.508 e. The molecule has 0 aromatic carbocycles. The average molecular weight is 549 g/mol. The molecule has 4 atom stereocenters. The Kier molecular flexibility index (Phi) is 16.0. The summed E-state index contributed by atoms with van der Waals surface area (Å²) in [4.78, 5) is 46.8. The molecule has 1 fully saturated rings. The first-order valence-corrected chi connectivity index (χ1v) is 13.4. The van der Waals surface area contributed by atoms with Crippen molar-refractivity contribution in [3.63, 3.8) is 0 Å². The van der Waals surface area contributed by atoms with E-state index >= 15 is 0 Å². The minimum absolute atomic E-state index is 0.133. The molecule has 4 unspecified atom stereocenters. The lowest BCUT2D eigenvalue weighted by molar-refractivity contribution is -0.139. The van der Waals surface area contributed by atoms with E-state index < -0.39 is 49.0 Å². The maximum absolute atomic E-state index is 12.3.